The zero-order valence-corrected chi connectivity index (χ0v) is 13.6. The molecule has 1 atom stereocenters. The summed E-state index contributed by atoms with van der Waals surface area (Å²) in [5.41, 5.74) is 1.69. The number of halogens is 1. The second-order valence-electron chi connectivity index (χ2n) is 5.62. The van der Waals surface area contributed by atoms with Crippen LogP contribution in [0.15, 0.2) is 48.5 Å². The third-order valence-electron chi connectivity index (χ3n) is 3.78. The smallest absolute Gasteiger partial charge is 0.247 e. The number of benzene rings is 2. The fourth-order valence-electron chi connectivity index (χ4n) is 2.38. The van der Waals surface area contributed by atoms with E-state index in [1.807, 2.05) is 36.4 Å². The number of methoxy groups -OCH3 is 1. The summed E-state index contributed by atoms with van der Waals surface area (Å²) in [4.78, 5) is 12.6. The first-order valence-corrected chi connectivity index (χ1v) is 8.00. The molecule has 3 rings (SSSR count). The van der Waals surface area contributed by atoms with Crippen LogP contribution in [0.4, 0.5) is 5.69 Å². The SMILES string of the molecule is COc1ccc(N[C@@H](C(=O)NC2CC2)c2ccccc2)cc1Cl. The van der Waals surface area contributed by atoms with E-state index in [0.29, 0.717) is 16.8 Å². The molecule has 5 heteroatoms. The van der Waals surface area contributed by atoms with Gasteiger partial charge in [0.15, 0.2) is 0 Å². The van der Waals surface area contributed by atoms with Gasteiger partial charge < -0.3 is 15.4 Å². The van der Waals surface area contributed by atoms with Crippen molar-refractivity contribution < 1.29 is 9.53 Å². The summed E-state index contributed by atoms with van der Waals surface area (Å²) in [6.07, 6.45) is 2.11. The quantitative estimate of drug-likeness (QED) is 0.847. The normalized spacial score (nSPS) is 14.9. The molecule has 4 nitrogen and oxygen atoms in total. The van der Waals surface area contributed by atoms with Crippen LogP contribution in [-0.4, -0.2) is 19.1 Å². The minimum Gasteiger partial charge on any atom is -0.495 e. The van der Waals surface area contributed by atoms with Crippen molar-refractivity contribution in [3.05, 3.63) is 59.1 Å². The molecule has 0 heterocycles. The molecule has 0 spiro atoms. The van der Waals surface area contributed by atoms with Gasteiger partial charge in [-0.2, -0.15) is 0 Å². The first-order valence-electron chi connectivity index (χ1n) is 7.63. The monoisotopic (exact) mass is 330 g/mol. The van der Waals surface area contributed by atoms with Gasteiger partial charge in [-0.1, -0.05) is 41.9 Å². The highest BCUT2D eigenvalue weighted by molar-refractivity contribution is 6.32. The average molecular weight is 331 g/mol. The van der Waals surface area contributed by atoms with Crippen LogP contribution in [0.3, 0.4) is 0 Å². The number of hydrogen-bond donors (Lipinski definition) is 2. The molecule has 120 valence electrons. The van der Waals surface area contributed by atoms with Gasteiger partial charge in [-0.15, -0.1) is 0 Å². The molecule has 0 aromatic heterocycles. The van der Waals surface area contributed by atoms with Gasteiger partial charge >= 0.3 is 0 Å². The van der Waals surface area contributed by atoms with Gasteiger partial charge in [-0.3, -0.25) is 4.79 Å². The molecule has 23 heavy (non-hydrogen) atoms. The Balaban J connectivity index is 1.83. The Morgan fingerprint density at radius 2 is 1.96 bits per heavy atom. The maximum Gasteiger partial charge on any atom is 0.247 e. The topological polar surface area (TPSA) is 50.4 Å². The molecule has 1 aliphatic carbocycles. The van der Waals surface area contributed by atoms with Crippen molar-refractivity contribution in [3.63, 3.8) is 0 Å². The van der Waals surface area contributed by atoms with Crippen LogP contribution in [0, 0.1) is 0 Å². The summed E-state index contributed by atoms with van der Waals surface area (Å²) in [5.74, 6) is 0.585. The highest BCUT2D eigenvalue weighted by atomic mass is 35.5. The van der Waals surface area contributed by atoms with Gasteiger partial charge in [-0.05, 0) is 36.6 Å². The number of rotatable bonds is 6. The van der Waals surface area contributed by atoms with E-state index in [9.17, 15) is 4.79 Å². The third-order valence-corrected chi connectivity index (χ3v) is 4.08. The molecule has 2 aromatic rings. The molecule has 0 saturated heterocycles. The average Bonchev–Trinajstić information content (AvgIpc) is 3.37. The standard InChI is InChI=1S/C18H19ClN2O2/c1-23-16-10-9-14(11-15(16)19)20-17(12-5-3-2-4-6-12)18(22)21-13-7-8-13/h2-6,9-11,13,17,20H,7-8H2,1H3,(H,21,22)/t17-/m1/s1. The summed E-state index contributed by atoms with van der Waals surface area (Å²) in [6.45, 7) is 0. The number of carbonyl (C=O) groups is 1. The maximum absolute atomic E-state index is 12.6. The molecule has 1 saturated carbocycles. The Bertz CT molecular complexity index is 687. The zero-order valence-electron chi connectivity index (χ0n) is 12.9. The Kier molecular flexibility index (Phi) is 4.72. The van der Waals surface area contributed by atoms with E-state index >= 15 is 0 Å². The number of carbonyl (C=O) groups excluding carboxylic acids is 1. The second kappa shape index (κ2) is 6.92. The largest absolute Gasteiger partial charge is 0.495 e. The minimum absolute atomic E-state index is 0.0226. The molecule has 2 aromatic carbocycles. The van der Waals surface area contributed by atoms with E-state index in [0.717, 1.165) is 24.1 Å². The summed E-state index contributed by atoms with van der Waals surface area (Å²) in [7, 11) is 1.57. The number of hydrogen-bond acceptors (Lipinski definition) is 3. The fraction of sp³-hybridized carbons (Fsp3) is 0.278. The van der Waals surface area contributed by atoms with Gasteiger partial charge in [0.05, 0.1) is 12.1 Å². The van der Waals surface area contributed by atoms with E-state index in [-0.39, 0.29) is 5.91 Å². The predicted molar refractivity (Wildman–Crippen MR) is 92.0 cm³/mol. The molecule has 0 radical (unpaired) electrons. The lowest BCUT2D eigenvalue weighted by molar-refractivity contribution is -0.122. The van der Waals surface area contributed by atoms with Crippen molar-refractivity contribution >= 4 is 23.2 Å². The molecule has 1 fully saturated rings. The minimum atomic E-state index is -0.457. The molecule has 0 unspecified atom stereocenters. The van der Waals surface area contributed by atoms with Crippen LogP contribution in [-0.2, 0) is 4.79 Å². The van der Waals surface area contributed by atoms with E-state index in [2.05, 4.69) is 10.6 Å². The number of anilines is 1. The summed E-state index contributed by atoms with van der Waals surface area (Å²) >= 11 is 6.17. The Morgan fingerprint density at radius 1 is 1.22 bits per heavy atom. The van der Waals surface area contributed by atoms with Crippen molar-refractivity contribution in [2.75, 3.05) is 12.4 Å². The summed E-state index contributed by atoms with van der Waals surface area (Å²) < 4.78 is 5.16. The zero-order chi connectivity index (χ0) is 16.2. The van der Waals surface area contributed by atoms with Crippen molar-refractivity contribution in [1.29, 1.82) is 0 Å². The van der Waals surface area contributed by atoms with Gasteiger partial charge in [0, 0.05) is 11.7 Å². The molecule has 1 amide bonds. The highest BCUT2D eigenvalue weighted by Gasteiger charge is 2.28. The number of amides is 1. The molecule has 0 aliphatic heterocycles. The van der Waals surface area contributed by atoms with E-state index in [1.165, 1.54) is 0 Å². The maximum atomic E-state index is 12.6. The lowest BCUT2D eigenvalue weighted by Crippen LogP contribution is -2.34. The molecule has 1 aliphatic rings. The van der Waals surface area contributed by atoms with E-state index < -0.39 is 6.04 Å². The van der Waals surface area contributed by atoms with Gasteiger partial charge in [0.1, 0.15) is 11.8 Å². The lowest BCUT2D eigenvalue weighted by Gasteiger charge is -2.20. The van der Waals surface area contributed by atoms with Crippen molar-refractivity contribution in [3.8, 4) is 5.75 Å². The van der Waals surface area contributed by atoms with Crippen LogP contribution in [0.5, 0.6) is 5.75 Å². The third kappa shape index (κ3) is 3.96. The fourth-order valence-corrected chi connectivity index (χ4v) is 2.64. The van der Waals surface area contributed by atoms with Crippen molar-refractivity contribution in [2.24, 2.45) is 0 Å². The second-order valence-corrected chi connectivity index (χ2v) is 6.03. The van der Waals surface area contributed by atoms with E-state index in [4.69, 9.17) is 16.3 Å². The molecule has 2 N–H and O–H groups in total. The lowest BCUT2D eigenvalue weighted by atomic mass is 10.1. The Hall–Kier alpha value is -2.20. The first-order chi connectivity index (χ1) is 11.2. The molecular weight excluding hydrogens is 312 g/mol. The predicted octanol–water partition coefficient (Wildman–Crippen LogP) is 3.78. The summed E-state index contributed by atoms with van der Waals surface area (Å²) in [5, 5.41) is 6.83. The number of nitrogens with one attached hydrogen (secondary N) is 2. The van der Waals surface area contributed by atoms with Gasteiger partial charge in [0.25, 0.3) is 0 Å². The summed E-state index contributed by atoms with van der Waals surface area (Å²) in [6, 6.07) is 14.9. The van der Waals surface area contributed by atoms with Crippen LogP contribution in [0.25, 0.3) is 0 Å². The van der Waals surface area contributed by atoms with Crippen molar-refractivity contribution in [2.45, 2.75) is 24.9 Å². The number of ether oxygens (including phenoxy) is 1. The van der Waals surface area contributed by atoms with E-state index in [1.54, 1.807) is 19.2 Å². The van der Waals surface area contributed by atoms with Gasteiger partial charge in [0.2, 0.25) is 5.91 Å². The first kappa shape index (κ1) is 15.7. The molecule has 0 bridgehead atoms. The molecular formula is C18H19ClN2O2. The Morgan fingerprint density at radius 3 is 2.57 bits per heavy atom. The van der Waals surface area contributed by atoms with Gasteiger partial charge in [-0.25, -0.2) is 0 Å². The highest BCUT2D eigenvalue weighted by Crippen LogP contribution is 2.30. The van der Waals surface area contributed by atoms with Crippen LogP contribution in [0.1, 0.15) is 24.4 Å². The Labute approximate surface area is 140 Å². The van der Waals surface area contributed by atoms with Crippen LogP contribution >= 0.6 is 11.6 Å². The van der Waals surface area contributed by atoms with Crippen molar-refractivity contribution in [1.82, 2.24) is 5.32 Å². The van der Waals surface area contributed by atoms with Crippen LogP contribution < -0.4 is 15.4 Å². The van der Waals surface area contributed by atoms with Crippen LogP contribution in [0.2, 0.25) is 5.02 Å².